The van der Waals surface area contributed by atoms with E-state index in [1.54, 1.807) is 36.4 Å². The van der Waals surface area contributed by atoms with Crippen molar-refractivity contribution in [2.24, 2.45) is 0 Å². The summed E-state index contributed by atoms with van der Waals surface area (Å²) in [6.07, 6.45) is 1.34. The Morgan fingerprint density at radius 2 is 1.85 bits per heavy atom. The molecule has 0 saturated carbocycles. The van der Waals surface area contributed by atoms with E-state index < -0.39 is 11.9 Å². The van der Waals surface area contributed by atoms with Crippen molar-refractivity contribution in [3.05, 3.63) is 64.2 Å². The van der Waals surface area contributed by atoms with Gasteiger partial charge in [0, 0.05) is 0 Å². The van der Waals surface area contributed by atoms with Gasteiger partial charge in [0.15, 0.2) is 11.5 Å². The summed E-state index contributed by atoms with van der Waals surface area (Å²) in [7, 11) is 2.59. The monoisotopic (exact) mass is 371 g/mol. The van der Waals surface area contributed by atoms with Gasteiger partial charge in [0.05, 0.1) is 24.8 Å². The number of ether oxygens (including phenoxy) is 3. The summed E-state index contributed by atoms with van der Waals surface area (Å²) < 4.78 is 15.1. The van der Waals surface area contributed by atoms with Gasteiger partial charge in [-0.3, -0.25) is 0 Å². The molecule has 0 aliphatic rings. The molecule has 2 rings (SSSR count). The molecule has 0 aromatic heterocycles. The molecule has 0 unspecified atom stereocenters. The maximum absolute atomic E-state index is 12.3. The maximum Gasteiger partial charge on any atom is 0.348 e. The highest BCUT2D eigenvalue weighted by atomic mass is 35.5. The summed E-state index contributed by atoms with van der Waals surface area (Å²) in [6, 6.07) is 12.8. The van der Waals surface area contributed by atoms with Crippen molar-refractivity contribution in [2.75, 3.05) is 14.2 Å². The van der Waals surface area contributed by atoms with Crippen LogP contribution in [0, 0.1) is 11.3 Å². The first-order valence-electron chi connectivity index (χ1n) is 7.35. The largest absolute Gasteiger partial charge is 0.493 e. The second kappa shape index (κ2) is 8.70. The summed E-state index contributed by atoms with van der Waals surface area (Å²) in [5.41, 5.74) is 0.550. The highest BCUT2D eigenvalue weighted by molar-refractivity contribution is 6.33. The number of nitrogens with zero attached hydrogens (tertiary/aromatic N) is 1. The molecule has 6 nitrogen and oxygen atoms in total. The van der Waals surface area contributed by atoms with Crippen LogP contribution >= 0.6 is 11.6 Å². The minimum Gasteiger partial charge on any atom is -0.493 e. The summed E-state index contributed by atoms with van der Waals surface area (Å²) in [4.78, 5) is 23.7. The van der Waals surface area contributed by atoms with E-state index in [2.05, 4.69) is 4.74 Å². The number of halogens is 1. The smallest absolute Gasteiger partial charge is 0.348 e. The summed E-state index contributed by atoms with van der Waals surface area (Å²) in [5.74, 6) is -0.961. The van der Waals surface area contributed by atoms with E-state index >= 15 is 0 Å². The van der Waals surface area contributed by atoms with E-state index in [9.17, 15) is 9.59 Å². The molecule has 0 spiro atoms. The predicted octanol–water partition coefficient (Wildman–Crippen LogP) is 3.65. The zero-order chi connectivity index (χ0) is 19.1. The third-order valence-electron chi connectivity index (χ3n) is 3.32. The third-order valence-corrected chi connectivity index (χ3v) is 3.65. The SMILES string of the molecule is COC(=O)/C(C#N)=C/c1ccc(OC(=O)c2ccccc2Cl)c(OC)c1. The normalized spacial score (nSPS) is 10.6. The van der Waals surface area contributed by atoms with Gasteiger partial charge in [-0.2, -0.15) is 5.26 Å². The highest BCUT2D eigenvalue weighted by Crippen LogP contribution is 2.30. The van der Waals surface area contributed by atoms with Crippen LogP contribution in [0.1, 0.15) is 15.9 Å². The first-order chi connectivity index (χ1) is 12.5. The third kappa shape index (κ3) is 4.41. The Kier molecular flexibility index (Phi) is 6.36. The molecule has 0 N–H and O–H groups in total. The molecule has 0 bridgehead atoms. The van der Waals surface area contributed by atoms with Gasteiger partial charge in [-0.25, -0.2) is 9.59 Å². The highest BCUT2D eigenvalue weighted by Gasteiger charge is 2.16. The van der Waals surface area contributed by atoms with Crippen molar-refractivity contribution in [3.63, 3.8) is 0 Å². The lowest BCUT2D eigenvalue weighted by molar-refractivity contribution is -0.135. The summed E-state index contributed by atoms with van der Waals surface area (Å²) in [5, 5.41) is 9.28. The van der Waals surface area contributed by atoms with E-state index in [1.165, 1.54) is 32.4 Å². The molecule has 2 aromatic carbocycles. The average Bonchev–Trinajstić information content (AvgIpc) is 2.66. The minimum absolute atomic E-state index is 0.171. The van der Waals surface area contributed by atoms with Crippen LogP contribution in [0.25, 0.3) is 6.08 Å². The second-order valence-electron chi connectivity index (χ2n) is 4.94. The fraction of sp³-hybridized carbons (Fsp3) is 0.105. The molecule has 0 radical (unpaired) electrons. The van der Waals surface area contributed by atoms with Gasteiger partial charge < -0.3 is 14.2 Å². The van der Waals surface area contributed by atoms with Crippen molar-refractivity contribution >= 4 is 29.6 Å². The molecule has 26 heavy (non-hydrogen) atoms. The molecule has 132 valence electrons. The molecule has 0 aliphatic carbocycles. The first kappa shape index (κ1) is 19.0. The van der Waals surface area contributed by atoms with Crippen LogP contribution in [0.2, 0.25) is 5.02 Å². The molecular formula is C19H14ClNO5. The number of esters is 2. The number of benzene rings is 2. The fourth-order valence-corrected chi connectivity index (χ4v) is 2.27. The number of hydrogen-bond acceptors (Lipinski definition) is 6. The first-order valence-corrected chi connectivity index (χ1v) is 7.72. The molecule has 7 heteroatoms. The lowest BCUT2D eigenvalue weighted by Gasteiger charge is -2.10. The summed E-state index contributed by atoms with van der Waals surface area (Å²) >= 11 is 5.99. The number of carbonyl (C=O) groups excluding carboxylic acids is 2. The van der Waals surface area contributed by atoms with E-state index in [1.807, 2.05) is 0 Å². The van der Waals surface area contributed by atoms with Crippen molar-refractivity contribution < 1.29 is 23.8 Å². The Morgan fingerprint density at radius 3 is 2.46 bits per heavy atom. The van der Waals surface area contributed by atoms with Crippen LogP contribution in [-0.4, -0.2) is 26.2 Å². The Morgan fingerprint density at radius 1 is 1.12 bits per heavy atom. The predicted molar refractivity (Wildman–Crippen MR) is 95.0 cm³/mol. The van der Waals surface area contributed by atoms with Crippen LogP contribution in [0.4, 0.5) is 0 Å². The Labute approximate surface area is 155 Å². The van der Waals surface area contributed by atoms with Crippen molar-refractivity contribution in [2.45, 2.75) is 0 Å². The van der Waals surface area contributed by atoms with E-state index in [0.717, 1.165) is 0 Å². The van der Waals surface area contributed by atoms with Gasteiger partial charge in [0.2, 0.25) is 0 Å². The fourth-order valence-electron chi connectivity index (χ4n) is 2.05. The number of nitriles is 1. The van der Waals surface area contributed by atoms with E-state index in [0.29, 0.717) is 5.56 Å². The Hall–Kier alpha value is -3.30. The van der Waals surface area contributed by atoms with Crippen LogP contribution in [0.5, 0.6) is 11.5 Å². The van der Waals surface area contributed by atoms with Gasteiger partial charge in [-0.05, 0) is 35.9 Å². The lowest BCUT2D eigenvalue weighted by atomic mass is 10.1. The number of hydrogen-bond donors (Lipinski definition) is 0. The zero-order valence-corrected chi connectivity index (χ0v) is 14.7. The molecule has 0 fully saturated rings. The van der Waals surface area contributed by atoms with Crippen LogP contribution < -0.4 is 9.47 Å². The van der Waals surface area contributed by atoms with Crippen molar-refractivity contribution in [1.82, 2.24) is 0 Å². The standard InChI is InChI=1S/C19H14ClNO5/c1-24-17-10-12(9-13(11-21)18(22)25-2)7-8-16(17)26-19(23)14-5-3-4-6-15(14)20/h3-10H,1-2H3/b13-9+. The van der Waals surface area contributed by atoms with Gasteiger partial charge in [0.25, 0.3) is 0 Å². The lowest BCUT2D eigenvalue weighted by Crippen LogP contribution is -2.10. The topological polar surface area (TPSA) is 85.6 Å². The van der Waals surface area contributed by atoms with Crippen LogP contribution in [0.15, 0.2) is 48.0 Å². The quantitative estimate of drug-likeness (QED) is 0.345. The Balaban J connectivity index is 2.31. The number of carbonyl (C=O) groups is 2. The molecule has 0 heterocycles. The van der Waals surface area contributed by atoms with Crippen molar-refractivity contribution in [3.8, 4) is 17.6 Å². The minimum atomic E-state index is -0.749. The van der Waals surface area contributed by atoms with Gasteiger partial charge in [-0.1, -0.05) is 29.8 Å². The second-order valence-corrected chi connectivity index (χ2v) is 5.35. The number of methoxy groups -OCH3 is 2. The maximum atomic E-state index is 12.3. The molecule has 0 amide bonds. The molecule has 2 aromatic rings. The molecule has 0 saturated heterocycles. The average molecular weight is 372 g/mol. The summed E-state index contributed by atoms with van der Waals surface area (Å²) in [6.45, 7) is 0. The van der Waals surface area contributed by atoms with Gasteiger partial charge in [0.1, 0.15) is 11.6 Å². The van der Waals surface area contributed by atoms with Crippen LogP contribution in [-0.2, 0) is 9.53 Å². The zero-order valence-electron chi connectivity index (χ0n) is 14.0. The van der Waals surface area contributed by atoms with Gasteiger partial charge >= 0.3 is 11.9 Å². The van der Waals surface area contributed by atoms with Crippen molar-refractivity contribution in [1.29, 1.82) is 5.26 Å². The van der Waals surface area contributed by atoms with Crippen LogP contribution in [0.3, 0.4) is 0 Å². The Bertz CT molecular complexity index is 914. The number of rotatable bonds is 5. The van der Waals surface area contributed by atoms with Gasteiger partial charge in [-0.15, -0.1) is 0 Å². The van der Waals surface area contributed by atoms with E-state index in [-0.39, 0.29) is 27.7 Å². The molecule has 0 atom stereocenters. The molecule has 0 aliphatic heterocycles. The molecular weight excluding hydrogens is 358 g/mol. The van der Waals surface area contributed by atoms with E-state index in [4.69, 9.17) is 26.3 Å².